The Hall–Kier alpha value is -3.16. The molecular formula is C14H14N6O2. The minimum Gasteiger partial charge on any atom is -0.368 e. The van der Waals surface area contributed by atoms with Gasteiger partial charge in [0.1, 0.15) is 11.8 Å². The lowest BCUT2D eigenvalue weighted by Gasteiger charge is -2.20. The Bertz CT molecular complexity index is 710. The highest BCUT2D eigenvalue weighted by Crippen LogP contribution is 2.24. The topological polar surface area (TPSA) is 116 Å². The fourth-order valence-electron chi connectivity index (χ4n) is 2.21. The Morgan fingerprint density at radius 3 is 2.73 bits per heavy atom. The van der Waals surface area contributed by atoms with E-state index in [1.54, 1.807) is 18.3 Å². The lowest BCUT2D eigenvalue weighted by Crippen LogP contribution is -2.39. The number of nitrogens with one attached hydrogen (secondary N) is 2. The highest BCUT2D eigenvalue weighted by atomic mass is 16.2. The second-order valence-electron chi connectivity index (χ2n) is 4.79. The maximum Gasteiger partial charge on any atom is 0.272 e. The lowest BCUT2D eigenvalue weighted by molar-refractivity contribution is -0.119. The molecule has 1 aromatic carbocycles. The van der Waals surface area contributed by atoms with Crippen LogP contribution in [0.2, 0.25) is 0 Å². The normalized spacial score (nSPS) is 17.2. The zero-order chi connectivity index (χ0) is 15.5. The number of rotatable bonds is 4. The van der Waals surface area contributed by atoms with E-state index < -0.39 is 11.9 Å². The average Bonchev–Trinajstić information content (AvgIpc) is 3.17. The molecule has 2 aromatic rings. The molecule has 0 saturated carbocycles. The fraction of sp³-hybridized carbons (Fsp3) is 0.143. The summed E-state index contributed by atoms with van der Waals surface area (Å²) in [7, 11) is 0. The average molecular weight is 298 g/mol. The summed E-state index contributed by atoms with van der Waals surface area (Å²) in [5, 5.41) is 14.7. The zero-order valence-corrected chi connectivity index (χ0v) is 11.6. The third-order valence-corrected chi connectivity index (χ3v) is 3.28. The molecule has 0 unspecified atom stereocenters. The Labute approximate surface area is 126 Å². The second kappa shape index (κ2) is 5.68. The molecule has 1 aliphatic rings. The minimum atomic E-state index is -0.674. The van der Waals surface area contributed by atoms with Gasteiger partial charge in [0, 0.05) is 12.6 Å². The van der Waals surface area contributed by atoms with Crippen LogP contribution in [0.1, 0.15) is 6.42 Å². The number of hydrazone groups is 1. The van der Waals surface area contributed by atoms with E-state index in [0.717, 1.165) is 0 Å². The van der Waals surface area contributed by atoms with E-state index in [1.165, 1.54) is 11.2 Å². The standard InChI is InChI=1S/C14H14N6O2/c15-13(21)12-6-11(14(22)18-9-7-16-17-8-9)19-20(12)10-4-2-1-3-5-10/h1-5,7-8,12H,6H2,(H2,15,21)(H,16,17)(H,18,22)/t12-/m0/s1. The van der Waals surface area contributed by atoms with Gasteiger partial charge in [0.25, 0.3) is 5.91 Å². The van der Waals surface area contributed by atoms with Crippen LogP contribution in [-0.2, 0) is 9.59 Å². The third-order valence-electron chi connectivity index (χ3n) is 3.28. The lowest BCUT2D eigenvalue weighted by atomic mass is 10.1. The van der Waals surface area contributed by atoms with Crippen molar-refractivity contribution in [2.75, 3.05) is 10.3 Å². The Morgan fingerprint density at radius 2 is 2.09 bits per heavy atom. The minimum absolute atomic E-state index is 0.161. The van der Waals surface area contributed by atoms with Crippen molar-refractivity contribution in [1.29, 1.82) is 0 Å². The van der Waals surface area contributed by atoms with Gasteiger partial charge in [-0.3, -0.25) is 19.7 Å². The number of hydrogen-bond acceptors (Lipinski definition) is 5. The summed E-state index contributed by atoms with van der Waals surface area (Å²) in [6, 6.07) is 8.44. The van der Waals surface area contributed by atoms with E-state index in [-0.39, 0.29) is 18.0 Å². The SMILES string of the molecule is NC(=O)[C@@H]1CC(C(=O)Nc2cn[nH]c2)=NN1c1ccccc1. The van der Waals surface area contributed by atoms with Gasteiger partial charge < -0.3 is 11.1 Å². The van der Waals surface area contributed by atoms with Crippen LogP contribution in [0, 0.1) is 0 Å². The van der Waals surface area contributed by atoms with Crippen LogP contribution in [0.25, 0.3) is 0 Å². The second-order valence-corrected chi connectivity index (χ2v) is 4.79. The molecule has 0 spiro atoms. The molecule has 2 amide bonds. The van der Waals surface area contributed by atoms with Crippen LogP contribution >= 0.6 is 0 Å². The Balaban J connectivity index is 1.83. The molecule has 1 aliphatic heterocycles. The van der Waals surface area contributed by atoms with E-state index >= 15 is 0 Å². The molecule has 22 heavy (non-hydrogen) atoms. The number of amides is 2. The number of carbonyl (C=O) groups is 2. The summed E-state index contributed by atoms with van der Waals surface area (Å²) >= 11 is 0. The number of para-hydroxylation sites is 1. The zero-order valence-electron chi connectivity index (χ0n) is 11.6. The molecule has 1 atom stereocenters. The van der Waals surface area contributed by atoms with Crippen LogP contribution in [0.4, 0.5) is 11.4 Å². The largest absolute Gasteiger partial charge is 0.368 e. The van der Waals surface area contributed by atoms with Gasteiger partial charge in [-0.1, -0.05) is 18.2 Å². The molecule has 0 bridgehead atoms. The van der Waals surface area contributed by atoms with Crippen LogP contribution in [0.3, 0.4) is 0 Å². The van der Waals surface area contributed by atoms with Gasteiger partial charge >= 0.3 is 0 Å². The number of anilines is 2. The van der Waals surface area contributed by atoms with Crippen molar-refractivity contribution in [1.82, 2.24) is 10.2 Å². The first-order chi connectivity index (χ1) is 10.6. The van der Waals surface area contributed by atoms with E-state index in [0.29, 0.717) is 11.4 Å². The van der Waals surface area contributed by atoms with Crippen molar-refractivity contribution in [3.63, 3.8) is 0 Å². The smallest absolute Gasteiger partial charge is 0.272 e. The van der Waals surface area contributed by atoms with Crippen molar-refractivity contribution in [3.8, 4) is 0 Å². The number of hydrogen-bond donors (Lipinski definition) is 3. The Morgan fingerprint density at radius 1 is 1.32 bits per heavy atom. The maximum atomic E-state index is 12.2. The van der Waals surface area contributed by atoms with Crippen molar-refractivity contribution >= 4 is 28.9 Å². The molecular weight excluding hydrogens is 284 g/mol. The summed E-state index contributed by atoms with van der Waals surface area (Å²) < 4.78 is 0. The van der Waals surface area contributed by atoms with Crippen LogP contribution < -0.4 is 16.1 Å². The van der Waals surface area contributed by atoms with Crippen LogP contribution in [-0.4, -0.2) is 33.8 Å². The molecule has 4 N–H and O–H groups in total. The summed E-state index contributed by atoms with van der Waals surface area (Å²) in [5.41, 5.74) is 6.90. The number of nitrogens with zero attached hydrogens (tertiary/aromatic N) is 3. The van der Waals surface area contributed by atoms with Gasteiger partial charge in [-0.2, -0.15) is 10.2 Å². The number of primary amides is 1. The first kappa shape index (κ1) is 13.8. The van der Waals surface area contributed by atoms with Crippen molar-refractivity contribution < 1.29 is 9.59 Å². The summed E-state index contributed by atoms with van der Waals surface area (Å²) in [6.07, 6.45) is 3.19. The number of carbonyl (C=O) groups excluding carboxylic acids is 2. The summed E-state index contributed by atoms with van der Waals surface area (Å²) in [6.45, 7) is 0. The van der Waals surface area contributed by atoms with Crippen molar-refractivity contribution in [2.24, 2.45) is 10.8 Å². The molecule has 0 saturated heterocycles. The van der Waals surface area contributed by atoms with E-state index in [2.05, 4.69) is 20.6 Å². The predicted molar refractivity (Wildman–Crippen MR) is 81.2 cm³/mol. The summed E-state index contributed by atoms with van der Waals surface area (Å²) in [4.78, 5) is 23.8. The molecule has 2 heterocycles. The molecule has 3 rings (SSSR count). The van der Waals surface area contributed by atoms with Gasteiger partial charge in [-0.05, 0) is 12.1 Å². The van der Waals surface area contributed by atoms with Crippen LogP contribution in [0.15, 0.2) is 47.8 Å². The molecule has 0 aliphatic carbocycles. The van der Waals surface area contributed by atoms with Crippen molar-refractivity contribution in [2.45, 2.75) is 12.5 Å². The number of aromatic nitrogens is 2. The number of benzene rings is 1. The first-order valence-electron chi connectivity index (χ1n) is 6.66. The molecule has 0 fully saturated rings. The number of nitrogens with two attached hydrogens (primary N) is 1. The molecule has 8 nitrogen and oxygen atoms in total. The summed E-state index contributed by atoms with van der Waals surface area (Å²) in [5.74, 6) is -0.912. The number of H-pyrrole nitrogens is 1. The van der Waals surface area contributed by atoms with Gasteiger partial charge in [0.15, 0.2) is 0 Å². The van der Waals surface area contributed by atoms with Gasteiger partial charge in [0.05, 0.1) is 17.6 Å². The molecule has 112 valence electrons. The van der Waals surface area contributed by atoms with Gasteiger partial charge in [0.2, 0.25) is 5.91 Å². The molecule has 8 heteroatoms. The van der Waals surface area contributed by atoms with Gasteiger partial charge in [-0.25, -0.2) is 0 Å². The van der Waals surface area contributed by atoms with Gasteiger partial charge in [-0.15, -0.1) is 0 Å². The highest BCUT2D eigenvalue weighted by molar-refractivity contribution is 6.44. The highest BCUT2D eigenvalue weighted by Gasteiger charge is 2.34. The maximum absolute atomic E-state index is 12.2. The molecule has 0 radical (unpaired) electrons. The Kier molecular flexibility index (Phi) is 3.57. The third kappa shape index (κ3) is 2.66. The molecule has 1 aromatic heterocycles. The van der Waals surface area contributed by atoms with E-state index in [9.17, 15) is 9.59 Å². The first-order valence-corrected chi connectivity index (χ1v) is 6.66. The van der Waals surface area contributed by atoms with Crippen molar-refractivity contribution in [3.05, 3.63) is 42.7 Å². The predicted octanol–water partition coefficient (Wildman–Crippen LogP) is 0.468. The van der Waals surface area contributed by atoms with E-state index in [1.807, 2.05) is 18.2 Å². The van der Waals surface area contributed by atoms with E-state index in [4.69, 9.17) is 5.73 Å². The fourth-order valence-corrected chi connectivity index (χ4v) is 2.21. The van der Waals surface area contributed by atoms with Crippen LogP contribution in [0.5, 0.6) is 0 Å². The quantitative estimate of drug-likeness (QED) is 0.760. The monoisotopic (exact) mass is 298 g/mol. The number of aromatic amines is 1.